The van der Waals surface area contributed by atoms with Crippen LogP contribution in [0.2, 0.25) is 0 Å². The topological polar surface area (TPSA) is 20.2 Å². The third-order valence-electron chi connectivity index (χ3n) is 2.86. The van der Waals surface area contributed by atoms with Gasteiger partial charge in [0, 0.05) is 6.61 Å². The van der Waals surface area contributed by atoms with Gasteiger partial charge < -0.3 is 5.11 Å². The summed E-state index contributed by atoms with van der Waals surface area (Å²) in [6.45, 7) is 6.81. The van der Waals surface area contributed by atoms with Crippen molar-refractivity contribution in [3.05, 3.63) is 35.4 Å². The van der Waals surface area contributed by atoms with Crippen molar-refractivity contribution in [3.63, 3.8) is 0 Å². The molecule has 0 spiro atoms. The SMILES string of the molecule is CCc1ccccc1C(C)(C)CCO. The van der Waals surface area contributed by atoms with Gasteiger partial charge in [0.25, 0.3) is 0 Å². The number of rotatable bonds is 4. The van der Waals surface area contributed by atoms with E-state index in [0.717, 1.165) is 12.8 Å². The van der Waals surface area contributed by atoms with Gasteiger partial charge in [-0.3, -0.25) is 0 Å². The maximum absolute atomic E-state index is 9.03. The molecule has 0 bridgehead atoms. The maximum Gasteiger partial charge on any atom is 0.0439 e. The monoisotopic (exact) mass is 192 g/mol. The van der Waals surface area contributed by atoms with Crippen molar-refractivity contribution >= 4 is 0 Å². The second-order valence-corrected chi connectivity index (χ2v) is 4.37. The van der Waals surface area contributed by atoms with Crippen molar-refractivity contribution < 1.29 is 5.11 Å². The third-order valence-corrected chi connectivity index (χ3v) is 2.86. The predicted molar refractivity (Wildman–Crippen MR) is 60.5 cm³/mol. The molecule has 1 aromatic rings. The van der Waals surface area contributed by atoms with Gasteiger partial charge in [0.1, 0.15) is 0 Å². The number of benzene rings is 1. The van der Waals surface area contributed by atoms with Crippen molar-refractivity contribution in [2.75, 3.05) is 6.61 Å². The summed E-state index contributed by atoms with van der Waals surface area (Å²) in [6.07, 6.45) is 1.88. The molecule has 0 aliphatic carbocycles. The zero-order valence-electron chi connectivity index (χ0n) is 9.38. The molecule has 0 aromatic heterocycles. The van der Waals surface area contributed by atoms with Crippen LogP contribution in [0, 0.1) is 0 Å². The molecular weight excluding hydrogens is 172 g/mol. The Morgan fingerprint density at radius 2 is 1.86 bits per heavy atom. The van der Waals surface area contributed by atoms with E-state index in [-0.39, 0.29) is 12.0 Å². The van der Waals surface area contributed by atoms with E-state index in [2.05, 4.69) is 45.0 Å². The molecule has 0 saturated carbocycles. The number of aryl methyl sites for hydroxylation is 1. The maximum atomic E-state index is 9.03. The van der Waals surface area contributed by atoms with Crippen molar-refractivity contribution in [3.8, 4) is 0 Å². The first-order chi connectivity index (χ1) is 6.61. The van der Waals surface area contributed by atoms with Crippen molar-refractivity contribution in [2.24, 2.45) is 0 Å². The summed E-state index contributed by atoms with van der Waals surface area (Å²) in [5.74, 6) is 0. The molecule has 0 saturated heterocycles. The van der Waals surface area contributed by atoms with E-state index in [1.165, 1.54) is 11.1 Å². The van der Waals surface area contributed by atoms with Crippen LogP contribution in [0.4, 0.5) is 0 Å². The molecule has 0 amide bonds. The lowest BCUT2D eigenvalue weighted by Crippen LogP contribution is -2.20. The summed E-state index contributed by atoms with van der Waals surface area (Å²) in [5.41, 5.74) is 2.85. The van der Waals surface area contributed by atoms with Crippen molar-refractivity contribution in [2.45, 2.75) is 39.0 Å². The summed E-state index contributed by atoms with van der Waals surface area (Å²) >= 11 is 0. The molecule has 0 heterocycles. The highest BCUT2D eigenvalue weighted by Gasteiger charge is 2.21. The van der Waals surface area contributed by atoms with Gasteiger partial charge >= 0.3 is 0 Å². The quantitative estimate of drug-likeness (QED) is 0.777. The lowest BCUT2D eigenvalue weighted by atomic mass is 9.79. The fourth-order valence-corrected chi connectivity index (χ4v) is 1.90. The van der Waals surface area contributed by atoms with Crippen LogP contribution >= 0.6 is 0 Å². The normalized spacial score (nSPS) is 11.7. The summed E-state index contributed by atoms with van der Waals surface area (Å²) in [6, 6.07) is 8.51. The first-order valence-corrected chi connectivity index (χ1v) is 5.31. The Bertz CT molecular complexity index is 289. The van der Waals surface area contributed by atoms with Crippen LogP contribution in [-0.4, -0.2) is 11.7 Å². The van der Waals surface area contributed by atoms with E-state index in [0.29, 0.717) is 0 Å². The van der Waals surface area contributed by atoms with E-state index in [1.54, 1.807) is 0 Å². The van der Waals surface area contributed by atoms with E-state index >= 15 is 0 Å². The van der Waals surface area contributed by atoms with Crippen LogP contribution in [0.5, 0.6) is 0 Å². The van der Waals surface area contributed by atoms with E-state index in [9.17, 15) is 0 Å². The van der Waals surface area contributed by atoms with Gasteiger partial charge in [-0.2, -0.15) is 0 Å². The number of aliphatic hydroxyl groups excluding tert-OH is 1. The highest BCUT2D eigenvalue weighted by atomic mass is 16.3. The molecule has 1 nitrogen and oxygen atoms in total. The Morgan fingerprint density at radius 3 is 2.43 bits per heavy atom. The van der Waals surface area contributed by atoms with Gasteiger partial charge in [-0.25, -0.2) is 0 Å². The van der Waals surface area contributed by atoms with Crippen LogP contribution in [0.1, 0.15) is 38.3 Å². The van der Waals surface area contributed by atoms with Crippen LogP contribution < -0.4 is 0 Å². The molecule has 0 fully saturated rings. The average Bonchev–Trinajstić information content (AvgIpc) is 2.18. The minimum Gasteiger partial charge on any atom is -0.396 e. The van der Waals surface area contributed by atoms with Gasteiger partial charge in [-0.05, 0) is 29.4 Å². The van der Waals surface area contributed by atoms with Crippen LogP contribution in [0.15, 0.2) is 24.3 Å². The average molecular weight is 192 g/mol. The Kier molecular flexibility index (Phi) is 3.70. The Balaban J connectivity index is 3.04. The Labute approximate surface area is 86.8 Å². The van der Waals surface area contributed by atoms with E-state index in [4.69, 9.17) is 5.11 Å². The molecule has 0 atom stereocenters. The highest BCUT2D eigenvalue weighted by molar-refractivity contribution is 5.33. The number of hydrogen-bond donors (Lipinski definition) is 1. The predicted octanol–water partition coefficient (Wildman–Crippen LogP) is 2.91. The molecule has 14 heavy (non-hydrogen) atoms. The Hall–Kier alpha value is -0.820. The molecule has 0 unspecified atom stereocenters. The minimum atomic E-state index is 0.0847. The highest BCUT2D eigenvalue weighted by Crippen LogP contribution is 2.29. The van der Waals surface area contributed by atoms with Gasteiger partial charge in [-0.15, -0.1) is 0 Å². The molecular formula is C13H20O. The van der Waals surface area contributed by atoms with Gasteiger partial charge in [-0.1, -0.05) is 45.0 Å². The van der Waals surface area contributed by atoms with E-state index < -0.39 is 0 Å². The molecule has 0 aliphatic heterocycles. The van der Waals surface area contributed by atoms with Gasteiger partial charge in [0.15, 0.2) is 0 Å². The zero-order valence-corrected chi connectivity index (χ0v) is 9.38. The second-order valence-electron chi connectivity index (χ2n) is 4.37. The fraction of sp³-hybridized carbons (Fsp3) is 0.538. The van der Waals surface area contributed by atoms with E-state index in [1.807, 2.05) is 0 Å². The van der Waals surface area contributed by atoms with Crippen LogP contribution in [0.25, 0.3) is 0 Å². The molecule has 0 radical (unpaired) electrons. The molecule has 1 rings (SSSR count). The van der Waals surface area contributed by atoms with Gasteiger partial charge in [0.2, 0.25) is 0 Å². The molecule has 1 N–H and O–H groups in total. The Morgan fingerprint density at radius 1 is 1.21 bits per heavy atom. The van der Waals surface area contributed by atoms with Crippen LogP contribution in [-0.2, 0) is 11.8 Å². The second kappa shape index (κ2) is 4.61. The molecule has 1 heteroatoms. The summed E-state index contributed by atoms with van der Waals surface area (Å²) in [7, 11) is 0. The lowest BCUT2D eigenvalue weighted by molar-refractivity contribution is 0.252. The summed E-state index contributed by atoms with van der Waals surface area (Å²) in [4.78, 5) is 0. The van der Waals surface area contributed by atoms with Crippen LogP contribution in [0.3, 0.4) is 0 Å². The fourth-order valence-electron chi connectivity index (χ4n) is 1.90. The zero-order chi connectivity index (χ0) is 10.6. The molecule has 78 valence electrons. The minimum absolute atomic E-state index is 0.0847. The van der Waals surface area contributed by atoms with Crippen molar-refractivity contribution in [1.82, 2.24) is 0 Å². The molecule has 0 aliphatic rings. The summed E-state index contributed by atoms with van der Waals surface area (Å²) < 4.78 is 0. The van der Waals surface area contributed by atoms with Gasteiger partial charge in [0.05, 0.1) is 0 Å². The third kappa shape index (κ3) is 2.36. The largest absolute Gasteiger partial charge is 0.396 e. The molecule has 1 aromatic carbocycles. The standard InChI is InChI=1S/C13H20O/c1-4-11-7-5-6-8-12(11)13(2,3)9-10-14/h5-8,14H,4,9-10H2,1-3H3. The number of aliphatic hydroxyl groups is 1. The van der Waals surface area contributed by atoms with Crippen molar-refractivity contribution in [1.29, 1.82) is 0 Å². The summed E-state index contributed by atoms with van der Waals surface area (Å²) in [5, 5.41) is 9.03. The first-order valence-electron chi connectivity index (χ1n) is 5.31. The first kappa shape index (κ1) is 11.3. The smallest absolute Gasteiger partial charge is 0.0439 e. The lowest BCUT2D eigenvalue weighted by Gasteiger charge is -2.26. The number of hydrogen-bond acceptors (Lipinski definition) is 1.